The third kappa shape index (κ3) is 4.98. The Labute approximate surface area is 196 Å². The van der Waals surface area contributed by atoms with Crippen LogP contribution in [0, 0.1) is 27.7 Å². The van der Waals surface area contributed by atoms with Gasteiger partial charge in [-0.25, -0.2) is 21.6 Å². The molecule has 1 heterocycles. The molecule has 8 nitrogen and oxygen atoms in total. The molecule has 1 fully saturated rings. The van der Waals surface area contributed by atoms with E-state index in [-0.39, 0.29) is 43.5 Å². The summed E-state index contributed by atoms with van der Waals surface area (Å²) in [4.78, 5) is 15.0. The highest BCUT2D eigenvalue weighted by Crippen LogP contribution is 2.29. The van der Waals surface area contributed by atoms with Gasteiger partial charge >= 0.3 is 0 Å². The summed E-state index contributed by atoms with van der Waals surface area (Å²) >= 11 is 0. The molecule has 3 rings (SSSR count). The maximum Gasteiger partial charge on any atom is 0.253 e. The SMILES string of the molecule is CCNS(=O)(=O)c1ccc(C(=O)N2CCN(S(=O)(=O)c3c(C)c(C)cc(C)c3C)CC2)cc1. The molecular formula is C23H31N3O5S2. The number of nitrogens with zero attached hydrogens (tertiary/aromatic N) is 2. The first-order valence-corrected chi connectivity index (χ1v) is 13.8. The Balaban J connectivity index is 1.74. The predicted octanol–water partition coefficient (Wildman–Crippen LogP) is 2.37. The van der Waals surface area contributed by atoms with Crippen molar-refractivity contribution in [2.45, 2.75) is 44.4 Å². The van der Waals surface area contributed by atoms with Crippen molar-refractivity contribution in [3.05, 3.63) is 58.1 Å². The first kappa shape index (κ1) is 25.4. The van der Waals surface area contributed by atoms with Crippen molar-refractivity contribution in [1.82, 2.24) is 13.9 Å². The molecule has 0 unspecified atom stereocenters. The molecule has 1 aliphatic heterocycles. The van der Waals surface area contributed by atoms with E-state index in [0.717, 1.165) is 22.3 Å². The van der Waals surface area contributed by atoms with Crippen LogP contribution in [0.3, 0.4) is 0 Å². The van der Waals surface area contributed by atoms with E-state index in [1.807, 2.05) is 33.8 Å². The minimum atomic E-state index is -3.69. The van der Waals surface area contributed by atoms with Crippen LogP contribution < -0.4 is 4.72 Å². The topological polar surface area (TPSA) is 104 Å². The van der Waals surface area contributed by atoms with Gasteiger partial charge in [0.2, 0.25) is 20.0 Å². The number of hydrogen-bond acceptors (Lipinski definition) is 5. The molecule has 1 aliphatic rings. The fraction of sp³-hybridized carbons (Fsp3) is 0.435. The molecule has 10 heteroatoms. The number of benzene rings is 2. The van der Waals surface area contributed by atoms with E-state index in [1.165, 1.54) is 28.6 Å². The monoisotopic (exact) mass is 493 g/mol. The Hall–Kier alpha value is -2.27. The summed E-state index contributed by atoms with van der Waals surface area (Å²) in [5.74, 6) is -0.252. The summed E-state index contributed by atoms with van der Waals surface area (Å²) in [5.41, 5.74) is 3.74. The first-order chi connectivity index (χ1) is 15.4. The molecule has 0 aliphatic carbocycles. The second-order valence-corrected chi connectivity index (χ2v) is 12.0. The van der Waals surface area contributed by atoms with Crippen molar-refractivity contribution in [2.75, 3.05) is 32.7 Å². The van der Waals surface area contributed by atoms with E-state index in [9.17, 15) is 21.6 Å². The summed E-state index contributed by atoms with van der Waals surface area (Å²) in [5, 5.41) is 0. The van der Waals surface area contributed by atoms with Crippen molar-refractivity contribution in [1.29, 1.82) is 0 Å². The standard InChI is InChI=1S/C23H31N3O5S2/c1-6-24-32(28,29)21-9-7-20(8-10-21)23(27)25-11-13-26(14-12-25)33(30,31)22-18(4)16(2)15-17(3)19(22)5/h7-10,15,24H,6,11-14H2,1-5H3. The highest BCUT2D eigenvalue weighted by molar-refractivity contribution is 7.89. The number of carbonyl (C=O) groups excluding carboxylic acids is 1. The largest absolute Gasteiger partial charge is 0.336 e. The normalized spacial score (nSPS) is 15.6. The van der Waals surface area contributed by atoms with Crippen LogP contribution in [-0.4, -0.2) is 64.7 Å². The molecule has 0 bridgehead atoms. The zero-order valence-corrected chi connectivity index (χ0v) is 21.3. The minimum absolute atomic E-state index is 0.0935. The molecule has 0 aromatic heterocycles. The van der Waals surface area contributed by atoms with Crippen LogP contribution in [0.1, 0.15) is 39.5 Å². The van der Waals surface area contributed by atoms with Crippen molar-refractivity contribution >= 4 is 26.0 Å². The minimum Gasteiger partial charge on any atom is -0.336 e. The van der Waals surface area contributed by atoms with Crippen molar-refractivity contribution in [3.8, 4) is 0 Å². The number of carbonyl (C=O) groups is 1. The van der Waals surface area contributed by atoms with E-state index < -0.39 is 20.0 Å². The van der Waals surface area contributed by atoms with Crippen LogP contribution >= 0.6 is 0 Å². The lowest BCUT2D eigenvalue weighted by molar-refractivity contribution is 0.0697. The van der Waals surface area contributed by atoms with E-state index in [1.54, 1.807) is 11.8 Å². The third-order valence-electron chi connectivity index (χ3n) is 6.17. The summed E-state index contributed by atoms with van der Waals surface area (Å²) in [7, 11) is -7.28. The molecule has 0 radical (unpaired) electrons. The van der Waals surface area contributed by atoms with Crippen LogP contribution in [0.25, 0.3) is 0 Å². The van der Waals surface area contributed by atoms with Gasteiger partial charge in [-0.3, -0.25) is 4.79 Å². The Bertz CT molecular complexity index is 1240. The molecule has 1 N–H and O–H groups in total. The molecule has 1 amide bonds. The Morgan fingerprint density at radius 2 is 1.39 bits per heavy atom. The number of amides is 1. The number of rotatable bonds is 6. The molecule has 1 saturated heterocycles. The van der Waals surface area contributed by atoms with Crippen LogP contribution in [0.5, 0.6) is 0 Å². The van der Waals surface area contributed by atoms with Gasteiger partial charge in [0.1, 0.15) is 0 Å². The van der Waals surface area contributed by atoms with Gasteiger partial charge in [-0.2, -0.15) is 4.31 Å². The van der Waals surface area contributed by atoms with Crippen LogP contribution in [0.2, 0.25) is 0 Å². The van der Waals surface area contributed by atoms with Gasteiger partial charge in [0.25, 0.3) is 5.91 Å². The van der Waals surface area contributed by atoms with Gasteiger partial charge < -0.3 is 4.90 Å². The average Bonchev–Trinajstić information content (AvgIpc) is 2.77. The first-order valence-electron chi connectivity index (χ1n) is 10.9. The van der Waals surface area contributed by atoms with Gasteiger partial charge in [-0.1, -0.05) is 13.0 Å². The van der Waals surface area contributed by atoms with Crippen molar-refractivity contribution in [3.63, 3.8) is 0 Å². The summed E-state index contributed by atoms with van der Waals surface area (Å²) in [6, 6.07) is 7.76. The summed E-state index contributed by atoms with van der Waals surface area (Å²) in [6.45, 7) is 10.4. The van der Waals surface area contributed by atoms with E-state index >= 15 is 0 Å². The van der Waals surface area contributed by atoms with Crippen LogP contribution in [0.4, 0.5) is 0 Å². The zero-order valence-electron chi connectivity index (χ0n) is 19.7. The van der Waals surface area contributed by atoms with Crippen LogP contribution in [-0.2, 0) is 20.0 Å². The van der Waals surface area contributed by atoms with Gasteiger partial charge in [-0.05, 0) is 74.2 Å². The Morgan fingerprint density at radius 1 is 0.879 bits per heavy atom. The second-order valence-electron chi connectivity index (χ2n) is 8.31. The molecule has 0 atom stereocenters. The van der Waals surface area contributed by atoms with Gasteiger partial charge in [0.05, 0.1) is 9.79 Å². The predicted molar refractivity (Wildman–Crippen MR) is 127 cm³/mol. The quantitative estimate of drug-likeness (QED) is 0.665. The molecule has 2 aromatic carbocycles. The number of hydrogen-bond donors (Lipinski definition) is 1. The van der Waals surface area contributed by atoms with Crippen molar-refractivity contribution in [2.24, 2.45) is 0 Å². The van der Waals surface area contributed by atoms with Gasteiger partial charge in [-0.15, -0.1) is 0 Å². The van der Waals surface area contributed by atoms with Crippen LogP contribution in [0.15, 0.2) is 40.1 Å². The molecule has 0 saturated carbocycles. The van der Waals surface area contributed by atoms with E-state index in [2.05, 4.69) is 4.72 Å². The molecule has 0 spiro atoms. The maximum absolute atomic E-state index is 13.4. The zero-order chi connectivity index (χ0) is 24.6. The lowest BCUT2D eigenvalue weighted by Crippen LogP contribution is -2.50. The van der Waals surface area contributed by atoms with Crippen molar-refractivity contribution < 1.29 is 21.6 Å². The highest BCUT2D eigenvalue weighted by atomic mass is 32.2. The lowest BCUT2D eigenvalue weighted by Gasteiger charge is -2.35. The fourth-order valence-corrected chi connectivity index (χ4v) is 7.10. The fourth-order valence-electron chi connectivity index (χ4n) is 4.06. The smallest absolute Gasteiger partial charge is 0.253 e. The van der Waals surface area contributed by atoms with E-state index in [0.29, 0.717) is 10.5 Å². The Morgan fingerprint density at radius 3 is 1.88 bits per heavy atom. The summed E-state index contributed by atoms with van der Waals surface area (Å²) < 4.78 is 54.9. The van der Waals surface area contributed by atoms with Gasteiger partial charge in [0.15, 0.2) is 0 Å². The number of piperazine rings is 1. The highest BCUT2D eigenvalue weighted by Gasteiger charge is 2.33. The summed E-state index contributed by atoms with van der Waals surface area (Å²) in [6.07, 6.45) is 0. The number of sulfonamides is 2. The molecule has 33 heavy (non-hydrogen) atoms. The third-order valence-corrected chi connectivity index (χ3v) is 9.90. The average molecular weight is 494 g/mol. The molecule has 180 valence electrons. The number of aryl methyl sites for hydroxylation is 2. The molecule has 2 aromatic rings. The second kappa shape index (κ2) is 9.54. The van der Waals surface area contributed by atoms with E-state index in [4.69, 9.17) is 0 Å². The maximum atomic E-state index is 13.4. The number of nitrogens with one attached hydrogen (secondary N) is 1. The lowest BCUT2D eigenvalue weighted by atomic mass is 10.0. The Kier molecular flexibility index (Phi) is 7.33. The van der Waals surface area contributed by atoms with Gasteiger partial charge in [0, 0.05) is 38.3 Å². The molecular weight excluding hydrogens is 462 g/mol.